The standard InChI is InChI=1S/C25H23ClF2N2O6S/c1-16(15-36-25(33)29-14-17-4-2-3-5-18(12-17)24(31)32)30(23-13-20(27)8-11-22(23)28)37(34,35)21-9-6-19(26)7-10-21/h2,4-13,16H,3,14-15H2,1H3,(H,29,33)(H,31,32). The number of hydrogen-bond acceptors (Lipinski definition) is 5. The number of sulfonamides is 1. The summed E-state index contributed by atoms with van der Waals surface area (Å²) in [7, 11) is -4.43. The summed E-state index contributed by atoms with van der Waals surface area (Å²) in [6, 6.07) is 6.34. The largest absolute Gasteiger partial charge is 0.478 e. The van der Waals surface area contributed by atoms with Crippen molar-refractivity contribution in [2.24, 2.45) is 0 Å². The molecule has 1 atom stereocenters. The first kappa shape index (κ1) is 27.9. The van der Waals surface area contributed by atoms with E-state index in [1.807, 2.05) is 0 Å². The highest BCUT2D eigenvalue weighted by Gasteiger charge is 2.32. The molecule has 2 aromatic rings. The maximum absolute atomic E-state index is 14.7. The average molecular weight is 553 g/mol. The van der Waals surface area contributed by atoms with E-state index in [0.29, 0.717) is 16.3 Å². The van der Waals surface area contributed by atoms with Gasteiger partial charge in [0.25, 0.3) is 10.0 Å². The van der Waals surface area contributed by atoms with Gasteiger partial charge in [-0.15, -0.1) is 0 Å². The lowest BCUT2D eigenvalue weighted by Gasteiger charge is -2.30. The molecule has 196 valence electrons. The lowest BCUT2D eigenvalue weighted by Crippen LogP contribution is -2.43. The van der Waals surface area contributed by atoms with Crippen LogP contribution in [0.2, 0.25) is 5.02 Å². The number of carbonyl (C=O) groups is 2. The van der Waals surface area contributed by atoms with Crippen molar-refractivity contribution in [2.75, 3.05) is 17.5 Å². The second-order valence-corrected chi connectivity index (χ2v) is 10.2. The number of alkyl carbamates (subject to hydrolysis) is 1. The summed E-state index contributed by atoms with van der Waals surface area (Å²) < 4.78 is 61.2. The van der Waals surface area contributed by atoms with Crippen molar-refractivity contribution in [3.63, 3.8) is 0 Å². The molecule has 2 aromatic carbocycles. The first-order chi connectivity index (χ1) is 17.5. The predicted molar refractivity (Wildman–Crippen MR) is 134 cm³/mol. The van der Waals surface area contributed by atoms with Gasteiger partial charge in [0, 0.05) is 17.6 Å². The molecule has 0 bridgehead atoms. The number of carbonyl (C=O) groups excluding carboxylic acids is 1. The van der Waals surface area contributed by atoms with E-state index in [-0.39, 0.29) is 22.0 Å². The third-order valence-corrected chi connectivity index (χ3v) is 7.40. The van der Waals surface area contributed by atoms with Crippen LogP contribution in [0.5, 0.6) is 0 Å². The van der Waals surface area contributed by atoms with E-state index in [4.69, 9.17) is 16.3 Å². The molecule has 12 heteroatoms. The molecule has 1 amide bonds. The maximum atomic E-state index is 14.7. The van der Waals surface area contributed by atoms with Gasteiger partial charge in [0.15, 0.2) is 0 Å². The van der Waals surface area contributed by atoms with Crippen molar-refractivity contribution in [3.8, 4) is 0 Å². The van der Waals surface area contributed by atoms with Crippen LogP contribution in [0.15, 0.2) is 82.8 Å². The Hall–Kier alpha value is -3.70. The van der Waals surface area contributed by atoms with Crippen molar-refractivity contribution in [3.05, 3.63) is 94.6 Å². The molecular weight excluding hydrogens is 530 g/mol. The van der Waals surface area contributed by atoms with Gasteiger partial charge in [-0.1, -0.05) is 29.8 Å². The summed E-state index contributed by atoms with van der Waals surface area (Å²) in [6.07, 6.45) is 5.80. The zero-order valence-electron chi connectivity index (χ0n) is 19.5. The van der Waals surface area contributed by atoms with Crippen LogP contribution in [-0.4, -0.2) is 44.8 Å². The fraction of sp³-hybridized carbons (Fsp3) is 0.200. The number of benzene rings is 2. The molecule has 0 spiro atoms. The van der Waals surface area contributed by atoms with E-state index in [1.165, 1.54) is 43.3 Å². The number of nitrogens with zero attached hydrogens (tertiary/aromatic N) is 1. The fourth-order valence-electron chi connectivity index (χ4n) is 3.45. The zero-order chi connectivity index (χ0) is 27.2. The first-order valence-electron chi connectivity index (χ1n) is 11.0. The molecule has 0 aliphatic heterocycles. The Morgan fingerprint density at radius 1 is 1.19 bits per heavy atom. The van der Waals surface area contributed by atoms with Gasteiger partial charge < -0.3 is 15.2 Å². The highest BCUT2D eigenvalue weighted by molar-refractivity contribution is 7.92. The van der Waals surface area contributed by atoms with Crippen LogP contribution in [0.1, 0.15) is 13.3 Å². The Morgan fingerprint density at radius 2 is 1.89 bits per heavy atom. The van der Waals surface area contributed by atoms with Gasteiger partial charge in [0.2, 0.25) is 0 Å². The van der Waals surface area contributed by atoms with Gasteiger partial charge in [-0.2, -0.15) is 0 Å². The SMILES string of the molecule is CC(COC(=O)NCC1=CC(C(=O)O)=CCC=C1)N(c1cc(F)ccc1F)S(=O)(=O)c1ccc(Cl)cc1. The third kappa shape index (κ3) is 7.17. The normalized spacial score (nSPS) is 14.2. The van der Waals surface area contributed by atoms with Crippen LogP contribution in [0.3, 0.4) is 0 Å². The molecule has 3 rings (SSSR count). The van der Waals surface area contributed by atoms with Crippen molar-refractivity contribution in [1.82, 2.24) is 5.32 Å². The molecule has 0 saturated heterocycles. The molecule has 0 aromatic heterocycles. The highest BCUT2D eigenvalue weighted by atomic mass is 35.5. The quantitative estimate of drug-likeness (QED) is 0.461. The molecular formula is C25H23ClF2N2O6S. The second-order valence-electron chi connectivity index (χ2n) is 7.97. The van der Waals surface area contributed by atoms with Crippen LogP contribution in [0, 0.1) is 11.6 Å². The zero-order valence-corrected chi connectivity index (χ0v) is 21.1. The molecule has 1 aliphatic carbocycles. The van der Waals surface area contributed by atoms with Gasteiger partial charge in [0.05, 0.1) is 22.2 Å². The molecule has 0 saturated carbocycles. The number of carboxylic acids is 1. The van der Waals surface area contributed by atoms with Crippen LogP contribution in [-0.2, 0) is 19.6 Å². The summed E-state index contributed by atoms with van der Waals surface area (Å²) in [4.78, 5) is 23.3. The smallest absolute Gasteiger partial charge is 0.407 e. The Morgan fingerprint density at radius 3 is 2.57 bits per heavy atom. The Kier molecular flexibility index (Phi) is 9.06. The number of allylic oxidation sites excluding steroid dienone is 2. The predicted octanol–water partition coefficient (Wildman–Crippen LogP) is 4.83. The number of amides is 1. The van der Waals surface area contributed by atoms with Crippen molar-refractivity contribution < 1.29 is 36.6 Å². The second kappa shape index (κ2) is 12.0. The lowest BCUT2D eigenvalue weighted by molar-refractivity contribution is -0.132. The first-order valence-corrected chi connectivity index (χ1v) is 12.8. The van der Waals surface area contributed by atoms with Crippen LogP contribution >= 0.6 is 11.6 Å². The minimum atomic E-state index is -4.43. The summed E-state index contributed by atoms with van der Waals surface area (Å²) in [5.74, 6) is -2.97. The molecule has 0 heterocycles. The number of anilines is 1. The molecule has 2 N–H and O–H groups in total. The maximum Gasteiger partial charge on any atom is 0.407 e. The van der Waals surface area contributed by atoms with Gasteiger partial charge in [-0.05, 0) is 61.4 Å². The van der Waals surface area contributed by atoms with E-state index in [1.54, 1.807) is 12.2 Å². The van der Waals surface area contributed by atoms with Crippen molar-refractivity contribution in [1.29, 1.82) is 0 Å². The summed E-state index contributed by atoms with van der Waals surface area (Å²) in [5, 5.41) is 11.9. The number of nitrogens with one attached hydrogen (secondary N) is 1. The van der Waals surface area contributed by atoms with Gasteiger partial charge in [-0.25, -0.2) is 26.8 Å². The Balaban J connectivity index is 1.77. The van der Waals surface area contributed by atoms with Gasteiger partial charge >= 0.3 is 12.1 Å². The van der Waals surface area contributed by atoms with Gasteiger partial charge in [-0.3, -0.25) is 4.31 Å². The minimum absolute atomic E-state index is 0.0559. The third-order valence-electron chi connectivity index (χ3n) is 5.20. The van der Waals surface area contributed by atoms with Crippen LogP contribution < -0.4 is 9.62 Å². The monoisotopic (exact) mass is 552 g/mol. The van der Waals surface area contributed by atoms with E-state index < -0.39 is 52.1 Å². The highest BCUT2D eigenvalue weighted by Crippen LogP contribution is 2.30. The summed E-state index contributed by atoms with van der Waals surface area (Å²) in [5.41, 5.74) is 0.0158. The lowest BCUT2D eigenvalue weighted by atomic mass is 10.1. The van der Waals surface area contributed by atoms with Crippen LogP contribution in [0.25, 0.3) is 0 Å². The van der Waals surface area contributed by atoms with Crippen LogP contribution in [0.4, 0.5) is 19.3 Å². The number of aliphatic carboxylic acids is 1. The average Bonchev–Trinajstić information content (AvgIpc) is 3.10. The van der Waals surface area contributed by atoms with E-state index >= 15 is 0 Å². The van der Waals surface area contributed by atoms with E-state index in [9.17, 15) is 31.9 Å². The number of rotatable bonds is 9. The molecule has 1 unspecified atom stereocenters. The topological polar surface area (TPSA) is 113 Å². The van der Waals surface area contributed by atoms with Crippen molar-refractivity contribution >= 4 is 39.4 Å². The molecule has 0 fully saturated rings. The number of carboxylic acid groups (broad SMARTS) is 1. The minimum Gasteiger partial charge on any atom is -0.478 e. The molecule has 1 aliphatic rings. The fourth-order valence-corrected chi connectivity index (χ4v) is 5.21. The number of hydrogen-bond donors (Lipinski definition) is 2. The van der Waals surface area contributed by atoms with Gasteiger partial charge in [0.1, 0.15) is 18.2 Å². The van der Waals surface area contributed by atoms with E-state index in [0.717, 1.165) is 18.2 Å². The number of halogens is 3. The Labute approximate surface area is 217 Å². The molecule has 0 radical (unpaired) electrons. The molecule has 37 heavy (non-hydrogen) atoms. The number of ether oxygens (including phenoxy) is 1. The van der Waals surface area contributed by atoms with E-state index in [2.05, 4.69) is 5.32 Å². The summed E-state index contributed by atoms with van der Waals surface area (Å²) >= 11 is 5.85. The molecule has 8 nitrogen and oxygen atoms in total. The van der Waals surface area contributed by atoms with Crippen molar-refractivity contribution in [2.45, 2.75) is 24.3 Å². The summed E-state index contributed by atoms with van der Waals surface area (Å²) in [6.45, 7) is 0.801. The Bertz CT molecular complexity index is 1370.